The lowest BCUT2D eigenvalue weighted by Gasteiger charge is -2.35. The molecule has 4 rings (SSSR count). The maximum atomic E-state index is 9.14. The Labute approximate surface area is 158 Å². The summed E-state index contributed by atoms with van der Waals surface area (Å²) in [6, 6.07) is 9.81. The van der Waals surface area contributed by atoms with Gasteiger partial charge in [0.2, 0.25) is 0 Å². The van der Waals surface area contributed by atoms with Gasteiger partial charge in [-0.3, -0.25) is 14.9 Å². The first kappa shape index (κ1) is 17.5. The highest BCUT2D eigenvalue weighted by molar-refractivity contribution is 5.67. The lowest BCUT2D eigenvalue weighted by molar-refractivity contribution is 0.188. The first-order valence-electron chi connectivity index (χ1n) is 9.11. The Morgan fingerprint density at radius 2 is 1.44 bits per heavy atom. The van der Waals surface area contributed by atoms with E-state index in [1.807, 2.05) is 30.3 Å². The summed E-state index contributed by atoms with van der Waals surface area (Å²) in [4.78, 5) is 22.3. The smallest absolute Gasteiger partial charge is 0.162 e. The van der Waals surface area contributed by atoms with Crippen LogP contribution in [0.5, 0.6) is 0 Å². The first-order chi connectivity index (χ1) is 13.3. The van der Waals surface area contributed by atoms with Crippen LogP contribution in [0, 0.1) is 0 Å². The Bertz CT molecular complexity index is 808. The minimum Gasteiger partial charge on any atom is -0.395 e. The monoisotopic (exact) mass is 362 g/mol. The number of anilines is 1. The number of rotatable bonds is 5. The van der Waals surface area contributed by atoms with Gasteiger partial charge in [-0.05, 0) is 24.3 Å². The summed E-state index contributed by atoms with van der Waals surface area (Å²) in [5.74, 6) is 1.62. The van der Waals surface area contributed by atoms with Crippen LogP contribution in [-0.2, 0) is 0 Å². The van der Waals surface area contributed by atoms with Crippen LogP contribution < -0.4 is 4.90 Å². The van der Waals surface area contributed by atoms with Crippen LogP contribution >= 0.6 is 0 Å². The predicted octanol–water partition coefficient (Wildman–Crippen LogP) is 1.71. The number of aromatic nitrogens is 4. The summed E-state index contributed by atoms with van der Waals surface area (Å²) >= 11 is 0. The highest BCUT2D eigenvalue weighted by atomic mass is 16.3. The number of aliphatic hydroxyl groups excluding tert-OH is 1. The molecule has 7 heteroatoms. The van der Waals surface area contributed by atoms with Crippen molar-refractivity contribution in [3.63, 3.8) is 0 Å². The molecule has 0 bridgehead atoms. The first-order valence-corrected chi connectivity index (χ1v) is 9.11. The lowest BCUT2D eigenvalue weighted by atomic mass is 10.1. The van der Waals surface area contributed by atoms with Crippen LogP contribution in [0.3, 0.4) is 0 Å². The summed E-state index contributed by atoms with van der Waals surface area (Å²) in [6.07, 6.45) is 7.06. The number of β-amino-alcohol motifs (C(OH)–C–C–N with tert-alkyl or cyclic N) is 1. The molecule has 0 spiro atoms. The van der Waals surface area contributed by atoms with Crippen LogP contribution in [0.25, 0.3) is 22.6 Å². The summed E-state index contributed by atoms with van der Waals surface area (Å²) in [6.45, 7) is 4.51. The molecule has 1 aliphatic rings. The van der Waals surface area contributed by atoms with Crippen molar-refractivity contribution < 1.29 is 5.11 Å². The molecule has 27 heavy (non-hydrogen) atoms. The molecular weight excluding hydrogens is 340 g/mol. The van der Waals surface area contributed by atoms with E-state index in [1.54, 1.807) is 24.8 Å². The highest BCUT2D eigenvalue weighted by Crippen LogP contribution is 2.26. The van der Waals surface area contributed by atoms with Gasteiger partial charge >= 0.3 is 0 Å². The molecule has 0 aromatic carbocycles. The molecule has 138 valence electrons. The molecule has 0 radical (unpaired) electrons. The Morgan fingerprint density at radius 3 is 2.07 bits per heavy atom. The van der Waals surface area contributed by atoms with E-state index in [4.69, 9.17) is 15.1 Å². The highest BCUT2D eigenvalue weighted by Gasteiger charge is 2.19. The molecule has 1 saturated heterocycles. The van der Waals surface area contributed by atoms with Gasteiger partial charge < -0.3 is 10.0 Å². The van der Waals surface area contributed by atoms with Gasteiger partial charge in [-0.25, -0.2) is 9.97 Å². The van der Waals surface area contributed by atoms with Gasteiger partial charge in [0.1, 0.15) is 5.82 Å². The van der Waals surface area contributed by atoms with E-state index in [-0.39, 0.29) is 6.61 Å². The van der Waals surface area contributed by atoms with E-state index in [1.165, 1.54) is 0 Å². The Hall–Kier alpha value is -2.90. The SMILES string of the molecule is OCCN1CCN(c2cc(-c3ccncc3)nc(-c3ccncc3)n2)CC1. The van der Waals surface area contributed by atoms with E-state index in [9.17, 15) is 0 Å². The molecule has 0 unspecified atom stereocenters. The van der Waals surface area contributed by atoms with Crippen molar-refractivity contribution in [3.05, 3.63) is 55.1 Å². The fourth-order valence-corrected chi connectivity index (χ4v) is 3.24. The molecule has 0 saturated carbocycles. The maximum absolute atomic E-state index is 9.14. The molecule has 1 N–H and O–H groups in total. The molecule has 3 aromatic heterocycles. The summed E-state index contributed by atoms with van der Waals surface area (Å²) in [7, 11) is 0. The van der Waals surface area contributed by atoms with Crippen molar-refractivity contribution in [1.82, 2.24) is 24.8 Å². The second-order valence-electron chi connectivity index (χ2n) is 6.46. The molecule has 1 fully saturated rings. The molecular formula is C20H22N6O. The fourth-order valence-electron chi connectivity index (χ4n) is 3.24. The van der Waals surface area contributed by atoms with Gasteiger partial charge in [-0.1, -0.05) is 0 Å². The Kier molecular flexibility index (Phi) is 5.32. The van der Waals surface area contributed by atoms with Crippen LogP contribution in [0.4, 0.5) is 5.82 Å². The zero-order chi connectivity index (χ0) is 18.5. The van der Waals surface area contributed by atoms with E-state index in [0.29, 0.717) is 5.82 Å². The van der Waals surface area contributed by atoms with Crippen molar-refractivity contribution in [2.24, 2.45) is 0 Å². The lowest BCUT2D eigenvalue weighted by Crippen LogP contribution is -2.47. The number of hydrogen-bond acceptors (Lipinski definition) is 7. The zero-order valence-corrected chi connectivity index (χ0v) is 15.1. The average Bonchev–Trinajstić information content (AvgIpc) is 2.75. The number of aliphatic hydroxyl groups is 1. The Morgan fingerprint density at radius 1 is 0.815 bits per heavy atom. The molecule has 4 heterocycles. The third-order valence-corrected chi connectivity index (χ3v) is 4.74. The van der Waals surface area contributed by atoms with Crippen LogP contribution in [0.1, 0.15) is 0 Å². The summed E-state index contributed by atoms with van der Waals surface area (Å²) in [5.41, 5.74) is 2.84. The summed E-state index contributed by atoms with van der Waals surface area (Å²) < 4.78 is 0. The normalized spacial score (nSPS) is 15.1. The van der Waals surface area contributed by atoms with Gasteiger partial charge in [0, 0.05) is 74.7 Å². The number of hydrogen-bond donors (Lipinski definition) is 1. The van der Waals surface area contributed by atoms with Gasteiger partial charge in [0.15, 0.2) is 5.82 Å². The molecule has 0 aliphatic carbocycles. The van der Waals surface area contributed by atoms with Gasteiger partial charge in [0.05, 0.1) is 12.3 Å². The van der Waals surface area contributed by atoms with Gasteiger partial charge in [0.25, 0.3) is 0 Å². The zero-order valence-electron chi connectivity index (χ0n) is 15.1. The topological polar surface area (TPSA) is 78.3 Å². The average molecular weight is 362 g/mol. The molecule has 3 aromatic rings. The number of nitrogens with zero attached hydrogens (tertiary/aromatic N) is 6. The van der Waals surface area contributed by atoms with Crippen molar-refractivity contribution in [2.75, 3.05) is 44.2 Å². The number of pyridine rings is 2. The fraction of sp³-hybridized carbons (Fsp3) is 0.300. The van der Waals surface area contributed by atoms with E-state index < -0.39 is 0 Å². The molecule has 0 atom stereocenters. The predicted molar refractivity (Wildman–Crippen MR) is 104 cm³/mol. The number of piperazine rings is 1. The van der Waals surface area contributed by atoms with E-state index in [0.717, 1.165) is 55.4 Å². The third-order valence-electron chi connectivity index (χ3n) is 4.74. The summed E-state index contributed by atoms with van der Waals surface area (Å²) in [5, 5.41) is 9.14. The Balaban J connectivity index is 1.69. The van der Waals surface area contributed by atoms with Crippen LogP contribution in [-0.4, -0.2) is 69.3 Å². The van der Waals surface area contributed by atoms with Crippen molar-refractivity contribution >= 4 is 5.82 Å². The minimum atomic E-state index is 0.200. The molecule has 1 aliphatic heterocycles. The van der Waals surface area contributed by atoms with Crippen molar-refractivity contribution in [3.8, 4) is 22.6 Å². The van der Waals surface area contributed by atoms with Crippen molar-refractivity contribution in [2.45, 2.75) is 0 Å². The second-order valence-corrected chi connectivity index (χ2v) is 6.46. The third kappa shape index (κ3) is 4.10. The minimum absolute atomic E-state index is 0.200. The van der Waals surface area contributed by atoms with E-state index in [2.05, 4.69) is 19.8 Å². The van der Waals surface area contributed by atoms with Gasteiger partial charge in [-0.2, -0.15) is 0 Å². The van der Waals surface area contributed by atoms with E-state index >= 15 is 0 Å². The van der Waals surface area contributed by atoms with Crippen molar-refractivity contribution in [1.29, 1.82) is 0 Å². The van der Waals surface area contributed by atoms with Crippen LogP contribution in [0.15, 0.2) is 55.1 Å². The molecule has 7 nitrogen and oxygen atoms in total. The standard InChI is InChI=1S/C20H22N6O/c27-14-13-25-9-11-26(12-10-25)19-15-18(16-1-5-21-6-2-16)23-20(24-19)17-3-7-22-8-4-17/h1-8,15,27H,9-14H2. The maximum Gasteiger partial charge on any atom is 0.162 e. The largest absolute Gasteiger partial charge is 0.395 e. The van der Waals surface area contributed by atoms with Gasteiger partial charge in [-0.15, -0.1) is 0 Å². The second kappa shape index (κ2) is 8.20. The van der Waals surface area contributed by atoms with Crippen LogP contribution in [0.2, 0.25) is 0 Å². The molecule has 0 amide bonds. The quantitative estimate of drug-likeness (QED) is 0.740.